The second-order valence-corrected chi connectivity index (χ2v) is 2.95. The first kappa shape index (κ1) is 8.49. The van der Waals surface area contributed by atoms with E-state index in [9.17, 15) is 0 Å². The van der Waals surface area contributed by atoms with Crippen LogP contribution in [0.1, 0.15) is 19.5 Å². The summed E-state index contributed by atoms with van der Waals surface area (Å²) in [6.07, 6.45) is 0.834. The summed E-state index contributed by atoms with van der Waals surface area (Å²) in [4.78, 5) is 4.06. The molecule has 1 rings (SSSR count). The summed E-state index contributed by atoms with van der Waals surface area (Å²) >= 11 is 1.42. The van der Waals surface area contributed by atoms with Crippen LogP contribution in [0.2, 0.25) is 0 Å². The largest absolute Gasteiger partial charge is 0.375 e. The fourth-order valence-electron chi connectivity index (χ4n) is 0.740. The van der Waals surface area contributed by atoms with E-state index in [4.69, 9.17) is 10.5 Å². The molecule has 1 heterocycles. The first-order valence-electron chi connectivity index (χ1n) is 3.41. The van der Waals surface area contributed by atoms with E-state index in [1.807, 2.05) is 19.2 Å². The Hall–Kier alpha value is -0.610. The van der Waals surface area contributed by atoms with Gasteiger partial charge in [-0.15, -0.1) is 11.3 Å². The smallest absolute Gasteiger partial charge is 0.180 e. The Morgan fingerprint density at radius 3 is 3.00 bits per heavy atom. The third-order valence-corrected chi connectivity index (χ3v) is 1.92. The van der Waals surface area contributed by atoms with Crippen molar-refractivity contribution in [1.82, 2.24) is 4.98 Å². The van der Waals surface area contributed by atoms with Gasteiger partial charge in [0.1, 0.15) is 6.10 Å². The van der Waals surface area contributed by atoms with Crippen LogP contribution in [-0.4, -0.2) is 11.6 Å². The first-order chi connectivity index (χ1) is 5.24. The predicted molar refractivity (Wildman–Crippen MR) is 46.2 cm³/mol. The van der Waals surface area contributed by atoms with Crippen molar-refractivity contribution in [2.75, 3.05) is 12.3 Å². The highest BCUT2D eigenvalue weighted by Crippen LogP contribution is 2.19. The van der Waals surface area contributed by atoms with Gasteiger partial charge in [-0.05, 0) is 13.8 Å². The monoisotopic (exact) mass is 171 g/mol. The average molecular weight is 171 g/mol. The van der Waals surface area contributed by atoms with Crippen LogP contribution in [0, 0.1) is 6.10 Å². The van der Waals surface area contributed by atoms with Gasteiger partial charge in [0.25, 0.3) is 0 Å². The third kappa shape index (κ3) is 2.17. The molecule has 0 bridgehead atoms. The minimum Gasteiger partial charge on any atom is -0.375 e. The molecule has 0 aliphatic rings. The van der Waals surface area contributed by atoms with E-state index in [1.165, 1.54) is 11.3 Å². The van der Waals surface area contributed by atoms with Crippen molar-refractivity contribution in [2.45, 2.75) is 13.8 Å². The maximum absolute atomic E-state index is 5.45. The van der Waals surface area contributed by atoms with E-state index in [-0.39, 0.29) is 0 Å². The first-order valence-corrected chi connectivity index (χ1v) is 4.29. The van der Waals surface area contributed by atoms with Crippen molar-refractivity contribution >= 4 is 16.5 Å². The molecule has 0 aliphatic heterocycles. The maximum atomic E-state index is 5.45. The number of nitrogens with zero attached hydrogens (tertiary/aromatic N) is 1. The van der Waals surface area contributed by atoms with Crippen LogP contribution >= 0.6 is 11.3 Å². The molecule has 0 atom stereocenters. The molecule has 0 amide bonds. The number of aromatic nitrogens is 1. The van der Waals surface area contributed by atoms with Crippen LogP contribution in [0.4, 0.5) is 5.13 Å². The fraction of sp³-hybridized carbons (Fsp3) is 0.429. The van der Waals surface area contributed by atoms with Crippen molar-refractivity contribution in [3.63, 3.8) is 0 Å². The Labute approximate surface area is 70.2 Å². The number of nitrogens with two attached hydrogens (primary N) is 1. The molecule has 4 heteroatoms. The molecule has 0 spiro atoms. The van der Waals surface area contributed by atoms with Crippen LogP contribution in [0.25, 0.3) is 0 Å². The van der Waals surface area contributed by atoms with Crippen LogP contribution in [0.5, 0.6) is 0 Å². The molecular weight excluding hydrogens is 160 g/mol. The Morgan fingerprint density at radius 2 is 2.55 bits per heavy atom. The van der Waals surface area contributed by atoms with Gasteiger partial charge >= 0.3 is 0 Å². The Kier molecular flexibility index (Phi) is 2.84. The quantitative estimate of drug-likeness (QED) is 0.752. The molecule has 2 N–H and O–H groups in total. The average Bonchev–Trinajstić information content (AvgIpc) is 2.36. The van der Waals surface area contributed by atoms with Crippen LogP contribution in [-0.2, 0) is 4.74 Å². The summed E-state index contributed by atoms with van der Waals surface area (Å²) in [5, 5.41) is 2.47. The number of rotatable bonds is 3. The van der Waals surface area contributed by atoms with E-state index in [1.54, 1.807) is 0 Å². The zero-order chi connectivity index (χ0) is 8.27. The SMILES string of the molecule is CCO[C](C)c1csc(N)n1. The van der Waals surface area contributed by atoms with Crippen LogP contribution in [0.15, 0.2) is 5.38 Å². The molecule has 1 radical (unpaired) electrons. The van der Waals surface area contributed by atoms with Crippen molar-refractivity contribution in [1.29, 1.82) is 0 Å². The van der Waals surface area contributed by atoms with Crippen molar-refractivity contribution in [2.24, 2.45) is 0 Å². The normalized spacial score (nSPS) is 10.8. The summed E-state index contributed by atoms with van der Waals surface area (Å²) in [5.41, 5.74) is 6.29. The van der Waals surface area contributed by atoms with Gasteiger partial charge in [0, 0.05) is 12.0 Å². The lowest BCUT2D eigenvalue weighted by Gasteiger charge is -2.05. The number of hydrogen-bond acceptors (Lipinski definition) is 4. The minimum atomic E-state index is 0.582. The zero-order valence-corrected chi connectivity index (χ0v) is 7.44. The summed E-state index contributed by atoms with van der Waals surface area (Å²) in [7, 11) is 0. The lowest BCUT2D eigenvalue weighted by atomic mass is 10.3. The fourth-order valence-corrected chi connectivity index (χ4v) is 1.34. The van der Waals surface area contributed by atoms with Gasteiger partial charge < -0.3 is 10.5 Å². The van der Waals surface area contributed by atoms with Crippen molar-refractivity contribution < 1.29 is 4.74 Å². The number of hydrogen-bond donors (Lipinski definition) is 1. The second-order valence-electron chi connectivity index (χ2n) is 2.06. The molecule has 0 aromatic carbocycles. The molecule has 3 nitrogen and oxygen atoms in total. The van der Waals surface area contributed by atoms with Crippen molar-refractivity contribution in [3.05, 3.63) is 17.2 Å². The topological polar surface area (TPSA) is 48.1 Å². The number of ether oxygens (including phenoxy) is 1. The van der Waals surface area contributed by atoms with Gasteiger partial charge in [0.15, 0.2) is 5.13 Å². The lowest BCUT2D eigenvalue weighted by molar-refractivity contribution is 0.179. The summed E-state index contributed by atoms with van der Waals surface area (Å²) in [6.45, 7) is 4.50. The van der Waals surface area contributed by atoms with Crippen molar-refractivity contribution in [3.8, 4) is 0 Å². The van der Waals surface area contributed by atoms with Crippen LogP contribution < -0.4 is 5.73 Å². The van der Waals surface area contributed by atoms with Gasteiger partial charge in [0.05, 0.1) is 5.69 Å². The zero-order valence-electron chi connectivity index (χ0n) is 6.63. The molecule has 0 saturated carbocycles. The molecule has 0 fully saturated rings. The summed E-state index contributed by atoms with van der Waals surface area (Å²) < 4.78 is 5.25. The molecular formula is C7H11N2OS. The summed E-state index contributed by atoms with van der Waals surface area (Å²) in [6, 6.07) is 0. The second kappa shape index (κ2) is 3.69. The number of nitrogen functional groups attached to an aromatic ring is 1. The van der Waals surface area contributed by atoms with E-state index in [2.05, 4.69) is 4.98 Å². The molecule has 1 aromatic heterocycles. The Bertz CT molecular complexity index is 224. The molecule has 0 aliphatic carbocycles. The predicted octanol–water partition coefficient (Wildman–Crippen LogP) is 1.66. The third-order valence-electron chi connectivity index (χ3n) is 1.24. The molecule has 61 valence electrons. The highest BCUT2D eigenvalue weighted by Gasteiger charge is 2.09. The maximum Gasteiger partial charge on any atom is 0.180 e. The molecule has 0 unspecified atom stereocenters. The standard InChI is InChI=1S/C7H11N2OS/c1-3-10-5(2)6-4-11-7(8)9-6/h4H,3H2,1-2H3,(H2,8,9). The van der Waals surface area contributed by atoms with E-state index >= 15 is 0 Å². The van der Waals surface area contributed by atoms with Gasteiger partial charge in [-0.25, -0.2) is 4.98 Å². The molecule has 11 heavy (non-hydrogen) atoms. The minimum absolute atomic E-state index is 0.582. The van der Waals surface area contributed by atoms with E-state index in [0.29, 0.717) is 11.7 Å². The van der Waals surface area contributed by atoms with Gasteiger partial charge in [-0.3, -0.25) is 0 Å². The van der Waals surface area contributed by atoms with Gasteiger partial charge in [-0.2, -0.15) is 0 Å². The lowest BCUT2D eigenvalue weighted by Crippen LogP contribution is -2.00. The molecule has 0 saturated heterocycles. The highest BCUT2D eigenvalue weighted by molar-refractivity contribution is 7.13. The number of thiazole rings is 1. The van der Waals surface area contributed by atoms with Gasteiger partial charge in [-0.1, -0.05) is 0 Å². The molecule has 1 aromatic rings. The van der Waals surface area contributed by atoms with E-state index < -0.39 is 0 Å². The number of anilines is 1. The van der Waals surface area contributed by atoms with Gasteiger partial charge in [0.2, 0.25) is 0 Å². The van der Waals surface area contributed by atoms with E-state index in [0.717, 1.165) is 11.8 Å². The summed E-state index contributed by atoms with van der Waals surface area (Å²) in [5.74, 6) is 0. The Morgan fingerprint density at radius 1 is 1.82 bits per heavy atom. The highest BCUT2D eigenvalue weighted by atomic mass is 32.1. The van der Waals surface area contributed by atoms with Crippen LogP contribution in [0.3, 0.4) is 0 Å². The Balaban J connectivity index is 2.60.